The van der Waals surface area contributed by atoms with Crippen LogP contribution < -0.4 is 34.5 Å². The van der Waals surface area contributed by atoms with E-state index in [1.165, 1.54) is 39.2 Å². The Kier molecular flexibility index (Phi) is 12.4. The SMILES string of the molecule is CC(C)C1CCCCC1.COC(=O)N1c2cc[c-]c(N=[C-]Cc3ccccc3)c2CCC1C.[Na+]. The Morgan fingerprint density at radius 2 is 1.85 bits per heavy atom. The number of carbonyl (C=O) groups excluding carboxylic acids is 1. The number of aliphatic imine (C=N–C) groups is 1. The number of carbonyl (C=O) groups is 1. The van der Waals surface area contributed by atoms with Crippen LogP contribution in [-0.2, 0) is 17.6 Å². The van der Waals surface area contributed by atoms with Gasteiger partial charge in [-0.05, 0) is 25.2 Å². The van der Waals surface area contributed by atoms with Crippen LogP contribution in [0.3, 0.4) is 0 Å². The van der Waals surface area contributed by atoms with Crippen molar-refractivity contribution < 1.29 is 39.1 Å². The van der Waals surface area contributed by atoms with Crippen LogP contribution in [0.5, 0.6) is 0 Å². The third kappa shape index (κ3) is 7.96. The Labute approximate surface area is 228 Å². The molecule has 178 valence electrons. The first-order valence-corrected chi connectivity index (χ1v) is 12.4. The fourth-order valence-corrected chi connectivity index (χ4v) is 4.78. The molecule has 1 fully saturated rings. The Bertz CT molecular complexity index is 908. The summed E-state index contributed by atoms with van der Waals surface area (Å²) in [6, 6.07) is 17.1. The number of hydrogen-bond donors (Lipinski definition) is 0. The quantitative estimate of drug-likeness (QED) is 0.377. The van der Waals surface area contributed by atoms with E-state index in [-0.39, 0.29) is 41.7 Å². The van der Waals surface area contributed by atoms with Crippen LogP contribution in [0.1, 0.15) is 70.4 Å². The van der Waals surface area contributed by atoms with E-state index in [1.54, 1.807) is 11.0 Å². The molecule has 0 saturated heterocycles. The van der Waals surface area contributed by atoms with E-state index in [4.69, 9.17) is 4.74 Å². The largest absolute Gasteiger partial charge is 1.00 e. The van der Waals surface area contributed by atoms with Gasteiger partial charge in [-0.2, -0.15) is 17.8 Å². The van der Waals surface area contributed by atoms with Crippen molar-refractivity contribution in [2.75, 3.05) is 12.0 Å². The molecule has 5 heteroatoms. The summed E-state index contributed by atoms with van der Waals surface area (Å²) in [4.78, 5) is 18.3. The number of fused-ring (bicyclic) bond motifs is 1. The molecule has 4 nitrogen and oxygen atoms in total. The van der Waals surface area contributed by atoms with E-state index in [9.17, 15) is 4.79 Å². The zero-order valence-electron chi connectivity index (χ0n) is 21.6. The molecule has 0 N–H and O–H groups in total. The van der Waals surface area contributed by atoms with Crippen LogP contribution in [0.15, 0.2) is 47.5 Å². The molecule has 0 spiro atoms. The van der Waals surface area contributed by atoms with E-state index in [0.717, 1.165) is 47.2 Å². The van der Waals surface area contributed by atoms with E-state index in [1.807, 2.05) is 43.3 Å². The number of methoxy groups -OCH3 is 1. The molecule has 0 aromatic heterocycles. The average molecular weight is 470 g/mol. The van der Waals surface area contributed by atoms with Gasteiger partial charge in [0.2, 0.25) is 0 Å². The molecule has 4 rings (SSSR count). The Morgan fingerprint density at radius 1 is 1.15 bits per heavy atom. The first kappa shape index (κ1) is 28.6. The number of hydrogen-bond acceptors (Lipinski definition) is 3. The molecule has 1 amide bonds. The Balaban J connectivity index is 0.000000345. The number of ether oxygens (including phenoxy) is 1. The topological polar surface area (TPSA) is 41.9 Å². The minimum Gasteiger partial charge on any atom is -0.481 e. The van der Waals surface area contributed by atoms with E-state index in [2.05, 4.69) is 31.1 Å². The molecule has 2 aromatic carbocycles. The summed E-state index contributed by atoms with van der Waals surface area (Å²) in [6.07, 6.45) is 12.6. The monoisotopic (exact) mass is 469 g/mol. The summed E-state index contributed by atoms with van der Waals surface area (Å²) in [5.41, 5.74) is 3.81. The summed E-state index contributed by atoms with van der Waals surface area (Å²) in [5, 5.41) is 0. The van der Waals surface area contributed by atoms with E-state index < -0.39 is 0 Å². The number of anilines is 1. The molecule has 1 unspecified atom stereocenters. The van der Waals surface area contributed by atoms with Crippen LogP contribution in [0.25, 0.3) is 0 Å². The maximum absolute atomic E-state index is 12.1. The summed E-state index contributed by atoms with van der Waals surface area (Å²) in [6.45, 7) is 6.74. The molecule has 0 radical (unpaired) electrons. The van der Waals surface area contributed by atoms with Crippen molar-refractivity contribution in [2.24, 2.45) is 16.8 Å². The normalized spacial score (nSPS) is 18.0. The van der Waals surface area contributed by atoms with Gasteiger partial charge in [-0.3, -0.25) is 11.0 Å². The van der Waals surface area contributed by atoms with Gasteiger partial charge in [-0.25, -0.2) is 10.5 Å². The van der Waals surface area contributed by atoms with Crippen LogP contribution >= 0.6 is 0 Å². The molecule has 2 aliphatic rings. The first-order valence-electron chi connectivity index (χ1n) is 12.4. The predicted octanol–water partition coefficient (Wildman–Crippen LogP) is 4.44. The van der Waals surface area contributed by atoms with Gasteiger partial charge in [0.1, 0.15) is 0 Å². The molecule has 34 heavy (non-hydrogen) atoms. The summed E-state index contributed by atoms with van der Waals surface area (Å²) < 4.78 is 4.93. The Morgan fingerprint density at radius 3 is 2.47 bits per heavy atom. The van der Waals surface area contributed by atoms with Gasteiger partial charge in [0.05, 0.1) is 7.11 Å². The second-order valence-electron chi connectivity index (χ2n) is 9.49. The fourth-order valence-electron chi connectivity index (χ4n) is 4.78. The maximum atomic E-state index is 12.1. The van der Waals surface area contributed by atoms with Gasteiger partial charge < -0.3 is 9.73 Å². The van der Waals surface area contributed by atoms with Crippen LogP contribution in [0.2, 0.25) is 0 Å². The standard InChI is InChI=1S/C20H20N2O2.C9H18.Na/c1-15-11-12-17-18(21-14-13-16-7-4-3-5-8-16)9-6-10-19(17)22(15)20(23)24-2;1-8(2)9-6-4-3-5-7-9;/h3-8,10,15H,11-13H2,1-2H3;8-9H,3-7H2,1-2H3;/q-2;;+1. The van der Waals surface area contributed by atoms with Gasteiger partial charge >= 0.3 is 35.7 Å². The molecular formula is C29H38N2NaO2-. The van der Waals surface area contributed by atoms with Gasteiger partial charge in [-0.15, -0.1) is 6.07 Å². The maximum Gasteiger partial charge on any atom is 1.00 e. The second kappa shape index (κ2) is 14.7. The van der Waals surface area contributed by atoms with Crippen LogP contribution in [-0.4, -0.2) is 25.5 Å². The molecular weight excluding hydrogens is 431 g/mol. The van der Waals surface area contributed by atoms with Crippen molar-refractivity contribution in [1.82, 2.24) is 0 Å². The molecule has 2 aromatic rings. The third-order valence-corrected chi connectivity index (χ3v) is 6.85. The summed E-state index contributed by atoms with van der Waals surface area (Å²) in [5.74, 6) is 1.99. The van der Waals surface area contributed by atoms with E-state index >= 15 is 0 Å². The number of nitrogens with zero attached hydrogens (tertiary/aromatic N) is 2. The molecule has 1 aliphatic heterocycles. The number of rotatable bonds is 4. The van der Waals surface area contributed by atoms with Crippen molar-refractivity contribution in [2.45, 2.75) is 78.2 Å². The van der Waals surface area contributed by atoms with Crippen molar-refractivity contribution >= 4 is 23.7 Å². The van der Waals surface area contributed by atoms with Gasteiger partial charge in [0.15, 0.2) is 0 Å². The summed E-state index contributed by atoms with van der Waals surface area (Å²) in [7, 11) is 1.41. The molecule has 1 heterocycles. The van der Waals surface area contributed by atoms with Gasteiger partial charge in [0.25, 0.3) is 0 Å². The van der Waals surface area contributed by atoms with E-state index in [0.29, 0.717) is 6.42 Å². The molecule has 0 bridgehead atoms. The van der Waals surface area contributed by atoms with Crippen molar-refractivity contribution in [3.05, 3.63) is 59.7 Å². The van der Waals surface area contributed by atoms with Crippen molar-refractivity contribution in [3.63, 3.8) is 0 Å². The smallest absolute Gasteiger partial charge is 0.481 e. The molecule has 1 atom stereocenters. The predicted molar refractivity (Wildman–Crippen MR) is 137 cm³/mol. The number of benzene rings is 2. The van der Waals surface area contributed by atoms with Gasteiger partial charge in [-0.1, -0.05) is 100 Å². The minimum atomic E-state index is -0.335. The fraction of sp³-hybridized carbons (Fsp3) is 0.517. The van der Waals surface area contributed by atoms with Crippen LogP contribution in [0.4, 0.5) is 16.2 Å². The van der Waals surface area contributed by atoms with Crippen LogP contribution in [0, 0.1) is 17.9 Å². The van der Waals surface area contributed by atoms with Gasteiger partial charge in [0, 0.05) is 6.04 Å². The third-order valence-electron chi connectivity index (χ3n) is 6.85. The number of amides is 1. The molecule has 1 saturated carbocycles. The summed E-state index contributed by atoms with van der Waals surface area (Å²) >= 11 is 0. The molecule has 1 aliphatic carbocycles. The van der Waals surface area contributed by atoms with Crippen molar-refractivity contribution in [3.8, 4) is 0 Å². The Hall–Kier alpha value is -1.62. The zero-order valence-corrected chi connectivity index (χ0v) is 23.6. The minimum absolute atomic E-state index is 0. The second-order valence-corrected chi connectivity index (χ2v) is 9.49. The zero-order chi connectivity index (χ0) is 23.6. The van der Waals surface area contributed by atoms with Crippen molar-refractivity contribution in [1.29, 1.82) is 0 Å². The average Bonchev–Trinajstić information content (AvgIpc) is 2.85. The first-order chi connectivity index (χ1) is 16.0.